The smallest absolute Gasteiger partial charge is 0.251 e. The first-order chi connectivity index (χ1) is 11.1. The molecule has 0 unspecified atom stereocenters. The molecular formula is C18H23N3O2. The fourth-order valence-corrected chi connectivity index (χ4v) is 3.29. The van der Waals surface area contributed by atoms with Gasteiger partial charge in [-0.15, -0.1) is 0 Å². The number of hydrogen-bond acceptors (Lipinski definition) is 3. The van der Waals surface area contributed by atoms with E-state index in [-0.39, 0.29) is 11.8 Å². The molecule has 0 saturated carbocycles. The second-order valence-electron chi connectivity index (χ2n) is 6.23. The summed E-state index contributed by atoms with van der Waals surface area (Å²) in [6.45, 7) is 1.35. The Kier molecular flexibility index (Phi) is 4.76. The van der Waals surface area contributed by atoms with Gasteiger partial charge < -0.3 is 14.6 Å². The molecule has 1 aromatic heterocycles. The standard InChI is InChI=1S/C18H23N3O2/c1-20-11-9-19-17(20)15-8-5-10-21(13-15)18(23)16(22)12-14-6-3-2-4-7-14/h2-4,6-7,9,11,15-16,22H,5,8,10,12-13H2,1H3/t15-,16-/m0/s1. The van der Waals surface area contributed by atoms with E-state index in [1.807, 2.05) is 48.1 Å². The van der Waals surface area contributed by atoms with Crippen LogP contribution in [0.25, 0.3) is 0 Å². The Morgan fingerprint density at radius 3 is 2.87 bits per heavy atom. The van der Waals surface area contributed by atoms with Gasteiger partial charge in [0.25, 0.3) is 5.91 Å². The van der Waals surface area contributed by atoms with E-state index in [0.717, 1.165) is 24.2 Å². The lowest BCUT2D eigenvalue weighted by Crippen LogP contribution is -2.45. The first-order valence-electron chi connectivity index (χ1n) is 8.13. The average Bonchev–Trinajstić information content (AvgIpc) is 3.01. The van der Waals surface area contributed by atoms with Crippen LogP contribution in [0.3, 0.4) is 0 Å². The van der Waals surface area contributed by atoms with Crippen molar-refractivity contribution in [2.45, 2.75) is 31.3 Å². The molecule has 1 amide bonds. The highest BCUT2D eigenvalue weighted by atomic mass is 16.3. The number of likely N-dealkylation sites (tertiary alicyclic amines) is 1. The van der Waals surface area contributed by atoms with Crippen LogP contribution in [0.5, 0.6) is 0 Å². The van der Waals surface area contributed by atoms with Gasteiger partial charge in [0.1, 0.15) is 11.9 Å². The highest BCUT2D eigenvalue weighted by Crippen LogP contribution is 2.26. The second-order valence-corrected chi connectivity index (χ2v) is 6.23. The molecule has 5 heteroatoms. The largest absolute Gasteiger partial charge is 0.383 e. The van der Waals surface area contributed by atoms with Crippen LogP contribution in [-0.4, -0.2) is 44.7 Å². The third-order valence-electron chi connectivity index (χ3n) is 4.51. The average molecular weight is 313 g/mol. The number of aryl methyl sites for hydroxylation is 1. The summed E-state index contributed by atoms with van der Waals surface area (Å²) in [5.41, 5.74) is 0.978. The minimum absolute atomic E-state index is 0.173. The number of amides is 1. The Bertz CT molecular complexity index is 653. The quantitative estimate of drug-likeness (QED) is 0.935. The Morgan fingerprint density at radius 2 is 2.17 bits per heavy atom. The topological polar surface area (TPSA) is 58.4 Å². The molecule has 23 heavy (non-hydrogen) atoms. The lowest BCUT2D eigenvalue weighted by molar-refractivity contribution is -0.141. The summed E-state index contributed by atoms with van der Waals surface area (Å²) in [4.78, 5) is 18.7. The van der Waals surface area contributed by atoms with E-state index in [1.54, 1.807) is 11.1 Å². The van der Waals surface area contributed by atoms with E-state index in [9.17, 15) is 9.90 Å². The van der Waals surface area contributed by atoms with Crippen molar-refractivity contribution in [3.8, 4) is 0 Å². The molecule has 0 bridgehead atoms. The molecule has 1 N–H and O–H groups in total. The van der Waals surface area contributed by atoms with Crippen molar-refractivity contribution in [3.05, 3.63) is 54.1 Å². The fourth-order valence-electron chi connectivity index (χ4n) is 3.29. The molecule has 122 valence electrons. The zero-order valence-corrected chi connectivity index (χ0v) is 13.4. The summed E-state index contributed by atoms with van der Waals surface area (Å²) in [6.07, 6.45) is 5.09. The van der Waals surface area contributed by atoms with Gasteiger partial charge in [-0.1, -0.05) is 30.3 Å². The van der Waals surface area contributed by atoms with E-state index < -0.39 is 6.10 Å². The van der Waals surface area contributed by atoms with Gasteiger partial charge in [0.2, 0.25) is 0 Å². The number of aliphatic hydroxyl groups excluding tert-OH is 1. The second kappa shape index (κ2) is 6.96. The van der Waals surface area contributed by atoms with Crippen LogP contribution >= 0.6 is 0 Å². The molecule has 1 aliphatic heterocycles. The van der Waals surface area contributed by atoms with Crippen molar-refractivity contribution in [1.29, 1.82) is 0 Å². The van der Waals surface area contributed by atoms with E-state index in [0.29, 0.717) is 19.5 Å². The maximum atomic E-state index is 12.6. The van der Waals surface area contributed by atoms with Gasteiger partial charge in [0.15, 0.2) is 0 Å². The predicted molar refractivity (Wildman–Crippen MR) is 87.9 cm³/mol. The molecule has 0 aliphatic carbocycles. The molecule has 0 radical (unpaired) electrons. The van der Waals surface area contributed by atoms with Gasteiger partial charge in [-0.3, -0.25) is 4.79 Å². The Balaban J connectivity index is 1.64. The molecule has 2 heterocycles. The number of aliphatic hydroxyl groups is 1. The van der Waals surface area contributed by atoms with Crippen molar-refractivity contribution in [2.24, 2.45) is 7.05 Å². The number of nitrogens with zero attached hydrogens (tertiary/aromatic N) is 3. The maximum absolute atomic E-state index is 12.6. The third kappa shape index (κ3) is 3.62. The van der Waals surface area contributed by atoms with Gasteiger partial charge in [-0.2, -0.15) is 0 Å². The molecule has 2 aromatic rings. The van der Waals surface area contributed by atoms with Gasteiger partial charge in [0.05, 0.1) is 0 Å². The van der Waals surface area contributed by atoms with Crippen molar-refractivity contribution in [3.63, 3.8) is 0 Å². The number of carbonyl (C=O) groups excluding carboxylic acids is 1. The SMILES string of the molecule is Cn1ccnc1[C@H]1CCCN(C(=O)[C@@H](O)Cc2ccccc2)C1. The summed E-state index contributed by atoms with van der Waals surface area (Å²) in [6, 6.07) is 9.64. The van der Waals surface area contributed by atoms with Crippen LogP contribution in [0, 0.1) is 0 Å². The molecule has 1 aliphatic rings. The van der Waals surface area contributed by atoms with Crippen molar-refractivity contribution >= 4 is 5.91 Å². The van der Waals surface area contributed by atoms with Crippen molar-refractivity contribution in [2.75, 3.05) is 13.1 Å². The maximum Gasteiger partial charge on any atom is 0.251 e. The van der Waals surface area contributed by atoms with Gasteiger partial charge >= 0.3 is 0 Å². The predicted octanol–water partition coefficient (Wildman–Crippen LogP) is 1.73. The lowest BCUT2D eigenvalue weighted by Gasteiger charge is -2.33. The van der Waals surface area contributed by atoms with Crippen molar-refractivity contribution < 1.29 is 9.90 Å². The van der Waals surface area contributed by atoms with Crippen molar-refractivity contribution in [1.82, 2.24) is 14.5 Å². The Morgan fingerprint density at radius 1 is 1.39 bits per heavy atom. The molecule has 0 spiro atoms. The number of carbonyl (C=O) groups is 1. The zero-order valence-electron chi connectivity index (χ0n) is 13.4. The number of aromatic nitrogens is 2. The summed E-state index contributed by atoms with van der Waals surface area (Å²) < 4.78 is 2.01. The van der Waals surface area contributed by atoms with Gasteiger partial charge in [0, 0.05) is 44.9 Å². The minimum Gasteiger partial charge on any atom is -0.383 e. The van der Waals surface area contributed by atoms with Crippen LogP contribution in [0.1, 0.15) is 30.1 Å². The normalized spacial score (nSPS) is 19.6. The first kappa shape index (κ1) is 15.7. The molecule has 2 atom stereocenters. The van der Waals surface area contributed by atoms with Crippen LogP contribution in [-0.2, 0) is 18.3 Å². The minimum atomic E-state index is -0.975. The zero-order chi connectivity index (χ0) is 16.2. The van der Waals surface area contributed by atoms with Gasteiger partial charge in [-0.25, -0.2) is 4.98 Å². The van der Waals surface area contributed by atoms with E-state index in [1.165, 1.54) is 0 Å². The molecule has 3 rings (SSSR count). The van der Waals surface area contributed by atoms with Crippen LogP contribution < -0.4 is 0 Å². The van der Waals surface area contributed by atoms with Gasteiger partial charge in [-0.05, 0) is 18.4 Å². The summed E-state index contributed by atoms with van der Waals surface area (Å²) in [5, 5.41) is 10.3. The lowest BCUT2D eigenvalue weighted by atomic mass is 9.96. The highest BCUT2D eigenvalue weighted by molar-refractivity contribution is 5.81. The summed E-state index contributed by atoms with van der Waals surface area (Å²) in [7, 11) is 1.98. The monoisotopic (exact) mass is 313 g/mol. The number of imidazole rings is 1. The number of rotatable bonds is 4. The Hall–Kier alpha value is -2.14. The third-order valence-corrected chi connectivity index (χ3v) is 4.51. The molecule has 1 saturated heterocycles. The summed E-state index contributed by atoms with van der Waals surface area (Å²) in [5.74, 6) is 1.09. The fraction of sp³-hybridized carbons (Fsp3) is 0.444. The van der Waals surface area contributed by atoms with Crippen LogP contribution in [0.15, 0.2) is 42.7 Å². The van der Waals surface area contributed by atoms with E-state index in [4.69, 9.17) is 0 Å². The molecule has 5 nitrogen and oxygen atoms in total. The highest BCUT2D eigenvalue weighted by Gasteiger charge is 2.30. The van der Waals surface area contributed by atoms with E-state index >= 15 is 0 Å². The van der Waals surface area contributed by atoms with Crippen LogP contribution in [0.2, 0.25) is 0 Å². The van der Waals surface area contributed by atoms with E-state index in [2.05, 4.69) is 4.98 Å². The number of piperidine rings is 1. The molecular weight excluding hydrogens is 290 g/mol. The first-order valence-corrected chi connectivity index (χ1v) is 8.13. The molecule has 1 aromatic carbocycles. The Labute approximate surface area is 136 Å². The number of hydrogen-bond donors (Lipinski definition) is 1. The number of benzene rings is 1. The molecule has 1 fully saturated rings. The van der Waals surface area contributed by atoms with Crippen LogP contribution in [0.4, 0.5) is 0 Å². The summed E-state index contributed by atoms with van der Waals surface area (Å²) >= 11 is 0.